The fourth-order valence-electron chi connectivity index (χ4n) is 7.24. The summed E-state index contributed by atoms with van der Waals surface area (Å²) in [6.07, 6.45) is 0. The summed E-state index contributed by atoms with van der Waals surface area (Å²) in [5, 5.41) is -4.27. The first-order valence-electron chi connectivity index (χ1n) is 29.5. The summed E-state index contributed by atoms with van der Waals surface area (Å²) in [5.74, 6) is 0. The fourth-order valence-corrected chi connectivity index (χ4v) is 7.24. The van der Waals surface area contributed by atoms with Crippen LogP contribution in [0, 0.1) is 0 Å². The Labute approximate surface area is 340 Å². The number of benzene rings is 9. The lowest BCUT2D eigenvalue weighted by atomic mass is 9.80. The molecule has 244 valence electrons. The minimum atomic E-state index is -1.42. The monoisotopic (exact) mass is 689 g/mol. The molecule has 0 atom stereocenters. The minimum Gasteiger partial charge on any atom is -0.456 e. The van der Waals surface area contributed by atoms with E-state index in [1.54, 1.807) is 13.8 Å². The van der Waals surface area contributed by atoms with Gasteiger partial charge >= 0.3 is 0 Å². The second-order valence-corrected chi connectivity index (χ2v) is 12.7. The van der Waals surface area contributed by atoms with E-state index in [9.17, 15) is 19.2 Å². The third kappa shape index (κ3) is 4.05. The second kappa shape index (κ2) is 10.8. The van der Waals surface area contributed by atoms with Crippen LogP contribution in [0.5, 0.6) is 0 Å². The number of hydrogen-bond donors (Lipinski definition) is 0. The van der Waals surface area contributed by atoms with Gasteiger partial charge in [0.15, 0.2) is 0 Å². The van der Waals surface area contributed by atoms with Crippen molar-refractivity contribution in [1.82, 2.24) is 0 Å². The Morgan fingerprint density at radius 1 is 0.423 bits per heavy atom. The predicted molar refractivity (Wildman–Crippen MR) is 220 cm³/mol. The molecule has 1 aliphatic rings. The lowest BCUT2D eigenvalue weighted by Gasteiger charge is -2.22. The molecule has 10 aromatic rings. The number of hydrogen-bond acceptors (Lipinski definition) is 1. The van der Waals surface area contributed by atoms with Crippen LogP contribution in [-0.2, 0) is 5.41 Å². The third-order valence-electron chi connectivity index (χ3n) is 9.56. The maximum absolute atomic E-state index is 9.73. The molecule has 1 heterocycles. The highest BCUT2D eigenvalue weighted by Gasteiger charge is 2.37. The standard InChI is InChI=1S/C51H34O/c1-51(2)43-20-10-9-18-40(43)49-41(19-11-21-44(49)51)48-38-16-7-5-14-36(38)47(37-15-6-8-17-39(37)48)33-24-22-31(23-25-33)34-27-28-45-42(30-34)50-35-13-4-3-12-32(35)26-29-46(50)52-45/h3-30H,1-2H3/i3D,4D,5D,6D,7D,8D,9D,11D,12D,13D,14D,15D,16D,17D,18D,19D,20D,21D,22D,23D,24D,25D,26D,27D,28D,29D,30D. The van der Waals surface area contributed by atoms with Crippen molar-refractivity contribution in [2.24, 2.45) is 0 Å². The van der Waals surface area contributed by atoms with Gasteiger partial charge in [-0.2, -0.15) is 0 Å². The topological polar surface area (TPSA) is 13.1 Å². The summed E-state index contributed by atoms with van der Waals surface area (Å²) >= 11 is 0. The zero-order valence-corrected chi connectivity index (χ0v) is 27.0. The van der Waals surface area contributed by atoms with Gasteiger partial charge in [0.25, 0.3) is 0 Å². The summed E-state index contributed by atoms with van der Waals surface area (Å²) in [6.45, 7) is 3.15. The van der Waals surface area contributed by atoms with Crippen molar-refractivity contribution >= 4 is 54.3 Å². The van der Waals surface area contributed by atoms with Crippen LogP contribution in [0.3, 0.4) is 0 Å². The molecule has 0 bridgehead atoms. The molecule has 0 saturated carbocycles. The molecule has 0 saturated heterocycles. The van der Waals surface area contributed by atoms with Gasteiger partial charge in [-0.3, -0.25) is 0 Å². The lowest BCUT2D eigenvalue weighted by Crippen LogP contribution is -2.14. The maximum atomic E-state index is 9.73. The van der Waals surface area contributed by atoms with Gasteiger partial charge in [-0.25, -0.2) is 0 Å². The Balaban J connectivity index is 1.35. The molecule has 0 radical (unpaired) electrons. The number of rotatable bonds is 3. The highest BCUT2D eigenvalue weighted by molar-refractivity contribution is 6.23. The van der Waals surface area contributed by atoms with Crippen molar-refractivity contribution in [3.63, 3.8) is 0 Å². The number of fused-ring (bicyclic) bond motifs is 10. The normalized spacial score (nSPS) is 20.6. The third-order valence-corrected chi connectivity index (χ3v) is 9.56. The van der Waals surface area contributed by atoms with E-state index in [-0.39, 0.29) is 33.7 Å². The lowest BCUT2D eigenvalue weighted by molar-refractivity contribution is 0.660. The molecule has 0 spiro atoms. The van der Waals surface area contributed by atoms with Gasteiger partial charge < -0.3 is 4.42 Å². The van der Waals surface area contributed by atoms with E-state index in [1.165, 1.54) is 0 Å². The van der Waals surface area contributed by atoms with Gasteiger partial charge in [-0.15, -0.1) is 0 Å². The van der Waals surface area contributed by atoms with Crippen LogP contribution in [0.25, 0.3) is 98.8 Å². The van der Waals surface area contributed by atoms with Crippen LogP contribution < -0.4 is 0 Å². The molecule has 9 aromatic carbocycles. The van der Waals surface area contributed by atoms with Crippen LogP contribution in [0.2, 0.25) is 0 Å². The van der Waals surface area contributed by atoms with Crippen molar-refractivity contribution in [2.75, 3.05) is 0 Å². The summed E-state index contributed by atoms with van der Waals surface area (Å²) < 4.78 is 253. The van der Waals surface area contributed by atoms with E-state index >= 15 is 0 Å². The van der Waals surface area contributed by atoms with Crippen LogP contribution >= 0.6 is 0 Å². The van der Waals surface area contributed by atoms with Crippen LogP contribution in [0.1, 0.15) is 62.0 Å². The van der Waals surface area contributed by atoms with Crippen LogP contribution in [0.4, 0.5) is 0 Å². The average molecular weight is 690 g/mol. The van der Waals surface area contributed by atoms with Gasteiger partial charge in [-0.05, 0) is 106 Å². The van der Waals surface area contributed by atoms with Crippen molar-refractivity contribution < 1.29 is 41.4 Å². The van der Waals surface area contributed by atoms with Crippen LogP contribution in [-0.4, -0.2) is 0 Å². The van der Waals surface area contributed by atoms with E-state index in [4.69, 9.17) is 22.2 Å². The molecule has 1 heteroatoms. The van der Waals surface area contributed by atoms with Gasteiger partial charge in [0, 0.05) is 16.2 Å². The Bertz CT molecular complexity index is 4540. The molecule has 0 aliphatic heterocycles. The minimum absolute atomic E-state index is 0.0489. The summed E-state index contributed by atoms with van der Waals surface area (Å²) in [6, 6.07) is -21.0. The second-order valence-electron chi connectivity index (χ2n) is 12.7. The molecule has 0 amide bonds. The van der Waals surface area contributed by atoms with Gasteiger partial charge in [0.1, 0.15) is 11.2 Å². The van der Waals surface area contributed by atoms with Crippen molar-refractivity contribution in [2.45, 2.75) is 19.3 Å². The Kier molecular flexibility index (Phi) is 2.75. The van der Waals surface area contributed by atoms with Crippen molar-refractivity contribution in [3.8, 4) is 44.5 Å². The van der Waals surface area contributed by atoms with E-state index < -0.39 is 245 Å². The van der Waals surface area contributed by atoms with E-state index in [1.807, 2.05) is 0 Å². The predicted octanol–water partition coefficient (Wildman–Crippen LogP) is 14.4. The first-order chi connectivity index (χ1) is 36.8. The molecule has 0 unspecified atom stereocenters. The maximum Gasteiger partial charge on any atom is 0.136 e. The quantitative estimate of drug-likeness (QED) is 0.168. The van der Waals surface area contributed by atoms with E-state index in [2.05, 4.69) is 0 Å². The van der Waals surface area contributed by atoms with E-state index in [0.29, 0.717) is 0 Å². The van der Waals surface area contributed by atoms with E-state index in [0.717, 1.165) is 6.07 Å². The highest BCUT2D eigenvalue weighted by atomic mass is 16.3. The summed E-state index contributed by atoms with van der Waals surface area (Å²) in [7, 11) is 0. The van der Waals surface area contributed by atoms with Gasteiger partial charge in [-0.1, -0.05) is 165 Å². The SMILES string of the molecule is [2H]c1cc([2H])c2c(c1[2H])-c1c(-c3c4c([2H])c([2H])c([2H])c([2H])c4c(-c4c([2H])c([2H])c(-c5c([2H])c([2H])c6oc7c([2H])c([2H])c8c([2H])c([2H])c([2H])c([2H])c8c7c6c5[2H])c([2H])c4[2H])c4c([2H])c([2H])c([2H])c([2H])c34)c([2H])c([2H])c([2H])c1C2(C)C. The first-order valence-corrected chi connectivity index (χ1v) is 16.0. The smallest absolute Gasteiger partial charge is 0.136 e. The van der Waals surface area contributed by atoms with Crippen molar-refractivity contribution in [1.29, 1.82) is 0 Å². The zero-order valence-electron chi connectivity index (χ0n) is 54.0. The summed E-state index contributed by atoms with van der Waals surface area (Å²) in [4.78, 5) is 0. The van der Waals surface area contributed by atoms with Crippen LogP contribution in [0.15, 0.2) is 174 Å². The summed E-state index contributed by atoms with van der Waals surface area (Å²) in [5.41, 5.74) is -6.95. The van der Waals surface area contributed by atoms with Crippen molar-refractivity contribution in [3.05, 3.63) is 180 Å². The molecule has 0 fully saturated rings. The Hall–Kier alpha value is -6.44. The first kappa shape index (κ1) is 13.3. The van der Waals surface area contributed by atoms with Gasteiger partial charge in [0.05, 0.1) is 37.0 Å². The molecule has 11 rings (SSSR count). The van der Waals surface area contributed by atoms with Gasteiger partial charge in [0.2, 0.25) is 0 Å². The molecule has 0 N–H and O–H groups in total. The molecule has 1 nitrogen and oxygen atoms in total. The molecule has 1 aromatic heterocycles. The molecule has 52 heavy (non-hydrogen) atoms. The fraction of sp³-hybridized carbons (Fsp3) is 0.0588. The molecular weight excluding hydrogens is 629 g/mol. The Morgan fingerprint density at radius 2 is 1.04 bits per heavy atom. The molecular formula is C51H34O. The molecule has 1 aliphatic carbocycles. The number of furan rings is 1. The Morgan fingerprint density at radius 3 is 1.79 bits per heavy atom. The average Bonchev–Trinajstić information content (AvgIpc) is 2.88. The highest BCUT2D eigenvalue weighted by Crippen LogP contribution is 2.54. The largest absolute Gasteiger partial charge is 0.456 e. The zero-order chi connectivity index (χ0) is 58.0.